The highest BCUT2D eigenvalue weighted by Gasteiger charge is 2.44. The molecule has 0 spiro atoms. The van der Waals surface area contributed by atoms with Crippen LogP contribution >= 0.6 is 0 Å². The molecule has 0 saturated heterocycles. The third-order valence-corrected chi connectivity index (χ3v) is 6.58. The number of carbonyl (C=O) groups excluding carboxylic acids is 3. The van der Waals surface area contributed by atoms with Crippen molar-refractivity contribution in [1.82, 2.24) is 10.2 Å². The highest BCUT2D eigenvalue weighted by atomic mass is 16.6. The average Bonchev–Trinajstić information content (AvgIpc) is 3.72. The molecular formula is C32H37N3O5. The summed E-state index contributed by atoms with van der Waals surface area (Å²) in [6.45, 7) is 7.16. The number of aromatic hydroxyl groups is 1. The Balaban J connectivity index is 1.72. The third-order valence-electron chi connectivity index (χ3n) is 6.58. The van der Waals surface area contributed by atoms with E-state index in [1.165, 1.54) is 12.1 Å². The van der Waals surface area contributed by atoms with Crippen molar-refractivity contribution in [2.45, 2.75) is 70.7 Å². The number of aryl methyl sites for hydroxylation is 1. The van der Waals surface area contributed by atoms with Gasteiger partial charge in [-0.2, -0.15) is 0 Å². The Labute approximate surface area is 235 Å². The molecule has 2 unspecified atom stereocenters. The topological polar surface area (TPSA) is 108 Å². The second-order valence-corrected chi connectivity index (χ2v) is 11.2. The molecule has 2 atom stereocenters. The van der Waals surface area contributed by atoms with Crippen molar-refractivity contribution < 1.29 is 24.2 Å². The molecular weight excluding hydrogens is 506 g/mol. The fourth-order valence-corrected chi connectivity index (χ4v) is 4.60. The first-order valence-corrected chi connectivity index (χ1v) is 13.5. The molecule has 8 nitrogen and oxygen atoms in total. The minimum atomic E-state index is -1.04. The molecule has 0 aliphatic heterocycles. The van der Waals surface area contributed by atoms with Gasteiger partial charge in [-0.25, -0.2) is 4.79 Å². The highest BCUT2D eigenvalue weighted by molar-refractivity contribution is 5.99. The zero-order valence-corrected chi connectivity index (χ0v) is 23.4. The highest BCUT2D eigenvalue weighted by Crippen LogP contribution is 2.37. The van der Waals surface area contributed by atoms with Crippen LogP contribution in [0, 0.1) is 6.92 Å². The fourth-order valence-electron chi connectivity index (χ4n) is 4.60. The van der Waals surface area contributed by atoms with Crippen molar-refractivity contribution in [2.24, 2.45) is 0 Å². The van der Waals surface area contributed by atoms with E-state index in [2.05, 4.69) is 10.6 Å². The van der Waals surface area contributed by atoms with Crippen LogP contribution in [0.4, 0.5) is 10.5 Å². The summed E-state index contributed by atoms with van der Waals surface area (Å²) in [7, 11) is 0. The number of benzene rings is 3. The first-order chi connectivity index (χ1) is 19.0. The van der Waals surface area contributed by atoms with E-state index in [0.717, 1.165) is 24.0 Å². The van der Waals surface area contributed by atoms with Gasteiger partial charge in [0.2, 0.25) is 5.91 Å². The maximum absolute atomic E-state index is 14.4. The quantitative estimate of drug-likeness (QED) is 0.330. The Kier molecular flexibility index (Phi) is 8.77. The number of hydrogen-bond acceptors (Lipinski definition) is 5. The molecule has 1 aliphatic rings. The average molecular weight is 544 g/mol. The zero-order valence-electron chi connectivity index (χ0n) is 23.4. The number of carbonyl (C=O) groups is 3. The molecule has 8 heteroatoms. The Morgan fingerprint density at radius 2 is 1.65 bits per heavy atom. The van der Waals surface area contributed by atoms with Gasteiger partial charge in [0.05, 0.1) is 0 Å². The van der Waals surface area contributed by atoms with E-state index in [-0.39, 0.29) is 18.2 Å². The third kappa shape index (κ3) is 7.62. The van der Waals surface area contributed by atoms with Crippen LogP contribution in [0.15, 0.2) is 78.9 Å². The molecule has 40 heavy (non-hydrogen) atoms. The van der Waals surface area contributed by atoms with Gasteiger partial charge in [-0.15, -0.1) is 0 Å². The number of phenols is 1. The summed E-state index contributed by atoms with van der Waals surface area (Å²) in [6, 6.07) is 21.0. The minimum absolute atomic E-state index is 0.0119. The van der Waals surface area contributed by atoms with Crippen molar-refractivity contribution in [1.29, 1.82) is 0 Å². The summed E-state index contributed by atoms with van der Waals surface area (Å²) in [6.07, 6.45) is 0.955. The molecule has 3 amide bonds. The summed E-state index contributed by atoms with van der Waals surface area (Å²) < 4.78 is 5.48. The first kappa shape index (κ1) is 28.7. The minimum Gasteiger partial charge on any atom is -0.508 e. The summed E-state index contributed by atoms with van der Waals surface area (Å²) in [5, 5.41) is 16.0. The van der Waals surface area contributed by atoms with Gasteiger partial charge in [-0.05, 0) is 75.4 Å². The lowest BCUT2D eigenvalue weighted by Crippen LogP contribution is -2.54. The lowest BCUT2D eigenvalue weighted by Gasteiger charge is -2.35. The van der Waals surface area contributed by atoms with Gasteiger partial charge < -0.3 is 25.4 Å². The largest absolute Gasteiger partial charge is 0.508 e. The molecule has 1 aliphatic carbocycles. The summed E-state index contributed by atoms with van der Waals surface area (Å²) >= 11 is 0. The molecule has 0 bridgehead atoms. The van der Waals surface area contributed by atoms with Crippen LogP contribution in [0.2, 0.25) is 0 Å². The number of phenolic OH excluding ortho intramolecular Hbond substituents is 1. The number of anilines is 1. The van der Waals surface area contributed by atoms with Gasteiger partial charge in [-0.1, -0.05) is 60.7 Å². The molecule has 1 saturated carbocycles. The van der Waals surface area contributed by atoms with E-state index >= 15 is 0 Å². The summed E-state index contributed by atoms with van der Waals surface area (Å²) in [5.41, 5.74) is 2.09. The van der Waals surface area contributed by atoms with Gasteiger partial charge in [0, 0.05) is 18.2 Å². The number of amides is 3. The van der Waals surface area contributed by atoms with Crippen molar-refractivity contribution in [2.75, 3.05) is 5.32 Å². The Hall–Kier alpha value is -4.33. The maximum Gasteiger partial charge on any atom is 0.408 e. The molecule has 0 aromatic heterocycles. The van der Waals surface area contributed by atoms with Crippen molar-refractivity contribution in [3.05, 3.63) is 95.6 Å². The number of ether oxygens (including phenoxy) is 1. The molecule has 3 aromatic carbocycles. The maximum atomic E-state index is 14.4. The Morgan fingerprint density at radius 3 is 2.27 bits per heavy atom. The van der Waals surface area contributed by atoms with Crippen LogP contribution in [0.5, 0.6) is 5.75 Å². The normalized spacial score (nSPS) is 14.5. The molecule has 3 aromatic rings. The van der Waals surface area contributed by atoms with Crippen molar-refractivity contribution in [3.8, 4) is 5.75 Å². The number of nitrogens with zero attached hydrogens (tertiary/aromatic N) is 1. The van der Waals surface area contributed by atoms with E-state index in [4.69, 9.17) is 4.74 Å². The van der Waals surface area contributed by atoms with Gasteiger partial charge in [-0.3, -0.25) is 9.59 Å². The number of nitrogens with one attached hydrogen (secondary N) is 2. The van der Waals surface area contributed by atoms with Gasteiger partial charge in [0.1, 0.15) is 23.4 Å². The summed E-state index contributed by atoms with van der Waals surface area (Å²) in [4.78, 5) is 42.7. The number of para-hydroxylation sites is 1. The van der Waals surface area contributed by atoms with Crippen LogP contribution in [0.1, 0.15) is 56.3 Å². The van der Waals surface area contributed by atoms with Crippen molar-refractivity contribution >= 4 is 23.6 Å². The molecule has 3 N–H and O–H groups in total. The lowest BCUT2D eigenvalue weighted by molar-refractivity contribution is -0.141. The van der Waals surface area contributed by atoms with Crippen LogP contribution in [0.25, 0.3) is 0 Å². The standard InChI is InChI=1S/C32H37N3O5/c1-21-11-8-9-16-26(21)33-29(37)28(23-14-10-15-25(36)20-23)35(24-17-18-24)30(38)27(19-22-12-6-5-7-13-22)34-31(39)40-32(2,3)4/h5-16,20,24,27-28,36H,17-19H2,1-4H3,(H,33,37)(H,34,39). The van der Waals surface area contributed by atoms with E-state index < -0.39 is 35.6 Å². The Morgan fingerprint density at radius 1 is 0.975 bits per heavy atom. The van der Waals surface area contributed by atoms with Gasteiger partial charge in [0.15, 0.2) is 0 Å². The molecule has 0 heterocycles. The number of rotatable bonds is 9. The van der Waals surface area contributed by atoms with E-state index in [1.54, 1.807) is 43.9 Å². The Bertz CT molecular complexity index is 1350. The molecule has 0 radical (unpaired) electrons. The van der Waals surface area contributed by atoms with Crippen molar-refractivity contribution in [3.63, 3.8) is 0 Å². The predicted molar refractivity (Wildman–Crippen MR) is 154 cm³/mol. The second-order valence-electron chi connectivity index (χ2n) is 11.2. The molecule has 1 fully saturated rings. The second kappa shape index (κ2) is 12.2. The van der Waals surface area contributed by atoms with Crippen LogP contribution in [-0.2, 0) is 20.7 Å². The monoisotopic (exact) mass is 543 g/mol. The number of alkyl carbamates (subject to hydrolysis) is 1. The first-order valence-electron chi connectivity index (χ1n) is 13.5. The van der Waals surface area contributed by atoms with Gasteiger partial charge in [0.25, 0.3) is 5.91 Å². The van der Waals surface area contributed by atoms with Crippen LogP contribution in [0.3, 0.4) is 0 Å². The smallest absolute Gasteiger partial charge is 0.408 e. The van der Waals surface area contributed by atoms with Crippen LogP contribution < -0.4 is 10.6 Å². The predicted octanol–water partition coefficient (Wildman–Crippen LogP) is 5.51. The lowest BCUT2D eigenvalue weighted by atomic mass is 9.99. The zero-order chi connectivity index (χ0) is 28.9. The molecule has 210 valence electrons. The fraction of sp³-hybridized carbons (Fsp3) is 0.344. The summed E-state index contributed by atoms with van der Waals surface area (Å²) in [5.74, 6) is -0.816. The van der Waals surface area contributed by atoms with Gasteiger partial charge >= 0.3 is 6.09 Å². The SMILES string of the molecule is Cc1ccccc1NC(=O)C(c1cccc(O)c1)N(C(=O)C(Cc1ccccc1)NC(=O)OC(C)(C)C)C1CC1. The van der Waals surface area contributed by atoms with Crippen LogP contribution in [-0.4, -0.2) is 45.6 Å². The van der Waals surface area contributed by atoms with E-state index in [9.17, 15) is 19.5 Å². The van der Waals surface area contributed by atoms with E-state index in [0.29, 0.717) is 11.3 Å². The number of hydrogen-bond donors (Lipinski definition) is 3. The molecule has 4 rings (SSSR count). The van der Waals surface area contributed by atoms with E-state index in [1.807, 2.05) is 55.5 Å².